The van der Waals surface area contributed by atoms with Gasteiger partial charge in [0.05, 0.1) is 12.6 Å². The van der Waals surface area contributed by atoms with Crippen molar-refractivity contribution in [3.8, 4) is 6.07 Å². The average Bonchev–Trinajstić information content (AvgIpc) is 2.41. The summed E-state index contributed by atoms with van der Waals surface area (Å²) in [7, 11) is 0. The molecule has 0 atom stereocenters. The van der Waals surface area contributed by atoms with Crippen molar-refractivity contribution in [1.82, 2.24) is 0 Å². The fourth-order valence-electron chi connectivity index (χ4n) is 0.587. The van der Waals surface area contributed by atoms with Crippen molar-refractivity contribution in [3.63, 3.8) is 0 Å². The molecule has 0 aromatic heterocycles. The lowest BCUT2D eigenvalue weighted by Crippen LogP contribution is -1.82. The number of nitriles is 1. The van der Waals surface area contributed by atoms with Gasteiger partial charge in [0.25, 0.3) is 0 Å². The van der Waals surface area contributed by atoms with Gasteiger partial charge in [-0.2, -0.15) is 5.26 Å². The molecule has 0 saturated carbocycles. The average molecular weight is 172 g/mol. The minimum absolute atomic E-state index is 0.629. The maximum absolute atomic E-state index is 8.23. The zero-order valence-electron chi connectivity index (χ0n) is 5.54. The van der Waals surface area contributed by atoms with E-state index in [1.807, 2.05) is 0 Å². The van der Waals surface area contributed by atoms with E-state index in [2.05, 4.69) is 11.1 Å². The molecule has 0 amide bonds. The molecule has 1 aliphatic rings. The summed E-state index contributed by atoms with van der Waals surface area (Å²) in [5.74, 6) is 2.01. The third kappa shape index (κ3) is 2.63. The summed E-state index contributed by atoms with van der Waals surface area (Å²) in [6.07, 6.45) is 0.629. The second-order valence-corrected chi connectivity index (χ2v) is 4.18. The second-order valence-electron chi connectivity index (χ2n) is 1.75. The van der Waals surface area contributed by atoms with Gasteiger partial charge < -0.3 is 0 Å². The van der Waals surface area contributed by atoms with Crippen molar-refractivity contribution in [1.29, 1.82) is 5.26 Å². The molecule has 0 N–H and O–H groups in total. The van der Waals surface area contributed by atoms with E-state index in [0.29, 0.717) is 6.42 Å². The van der Waals surface area contributed by atoms with E-state index in [-0.39, 0.29) is 0 Å². The summed E-state index contributed by atoms with van der Waals surface area (Å²) < 4.78 is 1.16. The van der Waals surface area contributed by atoms with Gasteiger partial charge in [0.15, 0.2) is 0 Å². The molecule has 4 heteroatoms. The lowest BCUT2D eigenvalue weighted by Gasteiger charge is -1.92. The topological polar surface area (TPSA) is 36.1 Å². The first-order valence-corrected chi connectivity index (χ1v) is 5.07. The van der Waals surface area contributed by atoms with Crippen LogP contribution in [0.15, 0.2) is 4.99 Å². The zero-order valence-corrected chi connectivity index (χ0v) is 7.17. The predicted octanol–water partition coefficient (Wildman–Crippen LogP) is 1.74. The van der Waals surface area contributed by atoms with Crippen LogP contribution in [-0.4, -0.2) is 22.4 Å². The van der Waals surface area contributed by atoms with Gasteiger partial charge in [0, 0.05) is 17.9 Å². The molecule has 0 radical (unpaired) electrons. The molecule has 1 aliphatic heterocycles. The van der Waals surface area contributed by atoms with Crippen LogP contribution in [-0.2, 0) is 0 Å². The monoisotopic (exact) mass is 172 g/mol. The molecule has 1 rings (SSSR count). The first-order chi connectivity index (χ1) is 4.93. The molecule has 0 unspecified atom stereocenters. The standard InChI is InChI=1S/C6H8N2S2/c7-2-1-4-9-6-8-3-5-10-6/h1,3-5H2. The van der Waals surface area contributed by atoms with Crippen molar-refractivity contribution in [3.05, 3.63) is 0 Å². The zero-order chi connectivity index (χ0) is 7.23. The maximum Gasteiger partial charge on any atom is 0.124 e. The van der Waals surface area contributed by atoms with E-state index >= 15 is 0 Å². The molecule has 0 bridgehead atoms. The van der Waals surface area contributed by atoms with E-state index in [9.17, 15) is 0 Å². The molecule has 1 heterocycles. The molecule has 0 spiro atoms. The van der Waals surface area contributed by atoms with Crippen LogP contribution in [0, 0.1) is 11.3 Å². The maximum atomic E-state index is 8.23. The van der Waals surface area contributed by atoms with E-state index < -0.39 is 0 Å². The van der Waals surface area contributed by atoms with Gasteiger partial charge in [-0.15, -0.1) is 0 Å². The minimum Gasteiger partial charge on any atom is -0.271 e. The van der Waals surface area contributed by atoms with Crippen LogP contribution in [0.2, 0.25) is 0 Å². The Hall–Kier alpha value is -0.140. The molecule has 0 aliphatic carbocycles. The summed E-state index contributed by atoms with van der Waals surface area (Å²) in [4.78, 5) is 4.24. The fourth-order valence-corrected chi connectivity index (χ4v) is 2.51. The predicted molar refractivity (Wildman–Crippen MR) is 47.4 cm³/mol. The van der Waals surface area contributed by atoms with Gasteiger partial charge >= 0.3 is 0 Å². The van der Waals surface area contributed by atoms with Crippen molar-refractivity contribution in [2.24, 2.45) is 4.99 Å². The summed E-state index contributed by atoms with van der Waals surface area (Å²) >= 11 is 3.50. The number of aliphatic imine (C=N–C) groups is 1. The molecule has 0 aromatic carbocycles. The molecular formula is C6H8N2S2. The fraction of sp³-hybridized carbons (Fsp3) is 0.667. The highest BCUT2D eigenvalue weighted by atomic mass is 32.2. The smallest absolute Gasteiger partial charge is 0.124 e. The summed E-state index contributed by atoms with van der Waals surface area (Å²) in [5.41, 5.74) is 0. The lowest BCUT2D eigenvalue weighted by atomic mass is 10.6. The van der Waals surface area contributed by atoms with Crippen LogP contribution in [0.3, 0.4) is 0 Å². The van der Waals surface area contributed by atoms with Gasteiger partial charge in [-0.05, 0) is 0 Å². The Kier molecular flexibility index (Phi) is 3.69. The third-order valence-corrected chi connectivity index (χ3v) is 3.25. The molecule has 54 valence electrons. The molecule has 0 aromatic rings. The minimum atomic E-state index is 0.629. The van der Waals surface area contributed by atoms with Gasteiger partial charge in [0.1, 0.15) is 4.38 Å². The van der Waals surface area contributed by atoms with E-state index in [1.165, 1.54) is 0 Å². The summed E-state index contributed by atoms with van der Waals surface area (Å²) in [6.45, 7) is 0.958. The number of rotatable bonds is 2. The Labute approximate surface area is 69.1 Å². The number of thioether (sulfide) groups is 2. The first kappa shape index (κ1) is 7.96. The summed E-state index contributed by atoms with van der Waals surface area (Å²) in [5, 5.41) is 8.23. The van der Waals surface area contributed by atoms with Gasteiger partial charge in [-0.25, -0.2) is 0 Å². The van der Waals surface area contributed by atoms with Crippen molar-refractivity contribution >= 4 is 27.9 Å². The van der Waals surface area contributed by atoms with E-state index in [1.54, 1.807) is 23.5 Å². The van der Waals surface area contributed by atoms with Crippen LogP contribution >= 0.6 is 23.5 Å². The Morgan fingerprint density at radius 1 is 1.80 bits per heavy atom. The molecule has 0 fully saturated rings. The molecule has 10 heavy (non-hydrogen) atoms. The van der Waals surface area contributed by atoms with E-state index in [4.69, 9.17) is 5.26 Å². The van der Waals surface area contributed by atoms with Gasteiger partial charge in [0.2, 0.25) is 0 Å². The van der Waals surface area contributed by atoms with E-state index in [0.717, 1.165) is 22.4 Å². The normalized spacial score (nSPS) is 16.5. The second kappa shape index (κ2) is 4.64. The SMILES string of the molecule is N#CCCSC1=NCCS1. The molecule has 0 saturated heterocycles. The van der Waals surface area contributed by atoms with Crippen molar-refractivity contribution in [2.45, 2.75) is 6.42 Å². The number of nitrogens with zero attached hydrogens (tertiary/aromatic N) is 2. The van der Waals surface area contributed by atoms with Crippen molar-refractivity contribution in [2.75, 3.05) is 18.1 Å². The highest BCUT2D eigenvalue weighted by Gasteiger charge is 2.05. The highest BCUT2D eigenvalue weighted by Crippen LogP contribution is 2.21. The van der Waals surface area contributed by atoms with Crippen LogP contribution < -0.4 is 0 Å². The van der Waals surface area contributed by atoms with Crippen LogP contribution in [0.4, 0.5) is 0 Å². The Bertz CT molecular complexity index is 171. The number of hydrogen-bond donors (Lipinski definition) is 0. The van der Waals surface area contributed by atoms with Gasteiger partial charge in [-0.1, -0.05) is 23.5 Å². The first-order valence-electron chi connectivity index (χ1n) is 3.10. The molecule has 2 nitrogen and oxygen atoms in total. The quantitative estimate of drug-likeness (QED) is 0.595. The summed E-state index contributed by atoms with van der Waals surface area (Å²) in [6, 6.07) is 2.11. The van der Waals surface area contributed by atoms with Crippen molar-refractivity contribution < 1.29 is 0 Å². The Morgan fingerprint density at radius 2 is 2.70 bits per heavy atom. The number of hydrogen-bond acceptors (Lipinski definition) is 4. The molecular weight excluding hydrogens is 164 g/mol. The highest BCUT2D eigenvalue weighted by molar-refractivity contribution is 8.39. The lowest BCUT2D eigenvalue weighted by molar-refractivity contribution is 1.18. The van der Waals surface area contributed by atoms with Gasteiger partial charge in [-0.3, -0.25) is 4.99 Å². The van der Waals surface area contributed by atoms with Crippen LogP contribution in [0.1, 0.15) is 6.42 Å². The largest absolute Gasteiger partial charge is 0.271 e. The van der Waals surface area contributed by atoms with Crippen LogP contribution in [0.25, 0.3) is 0 Å². The Morgan fingerprint density at radius 3 is 3.30 bits per heavy atom. The Balaban J connectivity index is 2.08. The van der Waals surface area contributed by atoms with Crippen LogP contribution in [0.5, 0.6) is 0 Å². The third-order valence-electron chi connectivity index (χ3n) is 0.997.